The maximum Gasteiger partial charge on any atom is 0.411 e. The summed E-state index contributed by atoms with van der Waals surface area (Å²) in [5, 5.41) is 5.88. The van der Waals surface area contributed by atoms with Crippen molar-refractivity contribution in [3.05, 3.63) is 41.4 Å². The van der Waals surface area contributed by atoms with Gasteiger partial charge in [0.25, 0.3) is 5.91 Å². The minimum Gasteiger partial charge on any atom is -0.446 e. The number of sulfonamides is 1. The zero-order valence-electron chi connectivity index (χ0n) is 23.7. The predicted molar refractivity (Wildman–Crippen MR) is 156 cm³/mol. The highest BCUT2D eigenvalue weighted by molar-refractivity contribution is 7.91. The van der Waals surface area contributed by atoms with Gasteiger partial charge in [0.1, 0.15) is 11.6 Å². The van der Waals surface area contributed by atoms with Crippen LogP contribution in [0, 0.1) is 17.8 Å². The molecule has 228 valence electrons. The second kappa shape index (κ2) is 11.5. The first-order chi connectivity index (χ1) is 19.8. The zero-order chi connectivity index (χ0) is 30.3. The Balaban J connectivity index is 1.35. The van der Waals surface area contributed by atoms with Gasteiger partial charge in [-0.2, -0.15) is 0 Å². The Bertz CT molecular complexity index is 1410. The number of carbonyl (C=O) groups excluding carboxylic acids is 4. The molecule has 0 aromatic heterocycles. The van der Waals surface area contributed by atoms with Gasteiger partial charge in [0.15, 0.2) is 0 Å². The van der Waals surface area contributed by atoms with Crippen molar-refractivity contribution >= 4 is 51.1 Å². The Labute approximate surface area is 250 Å². The molecule has 4 aliphatic rings. The number of fused-ring (bicyclic) bond motifs is 2. The molecule has 5 atom stereocenters. The van der Waals surface area contributed by atoms with Crippen molar-refractivity contribution in [3.8, 4) is 0 Å². The predicted octanol–water partition coefficient (Wildman–Crippen LogP) is 3.36. The standard InChI is InChI=1S/C29H37ClN4O7S/c1-28(11-12-28)42(39,40)33-26(37)29-17-18(29)8-5-3-4-6-13-34(2)25(36)23-16-21(15-22(23)24(35)32-29)41-27(38)31-20-10-7-9-19(30)14-20/h5,7-10,14,18,21-23H,3-4,6,11-13,15-17H2,1-2H3,(H,31,38)(H,32,35)(H,33,37)/b8-5-/t18-,21+,22+,23+,29+/m0/s1. The van der Waals surface area contributed by atoms with Crippen LogP contribution in [-0.4, -0.2) is 67.1 Å². The fraction of sp³-hybridized carbons (Fsp3) is 0.586. The van der Waals surface area contributed by atoms with Crippen molar-refractivity contribution in [1.82, 2.24) is 14.9 Å². The Morgan fingerprint density at radius 2 is 1.88 bits per heavy atom. The molecule has 3 aliphatic carbocycles. The van der Waals surface area contributed by atoms with E-state index < -0.39 is 56.2 Å². The number of hydrogen-bond donors (Lipinski definition) is 3. The number of rotatable bonds is 5. The van der Waals surface area contributed by atoms with Crippen molar-refractivity contribution in [3.63, 3.8) is 0 Å². The Hall–Kier alpha value is -3.12. The average Bonchev–Trinajstić information content (AvgIpc) is 3.80. The van der Waals surface area contributed by atoms with E-state index in [9.17, 15) is 27.6 Å². The monoisotopic (exact) mass is 620 g/mol. The molecular formula is C29H37ClN4O7S. The number of carbonyl (C=O) groups is 4. The van der Waals surface area contributed by atoms with Gasteiger partial charge in [-0.05, 0) is 76.5 Å². The number of ether oxygens (including phenoxy) is 1. The highest BCUT2D eigenvalue weighted by Crippen LogP contribution is 2.48. The van der Waals surface area contributed by atoms with E-state index >= 15 is 0 Å². The van der Waals surface area contributed by atoms with Crippen LogP contribution in [0.4, 0.5) is 10.5 Å². The average molecular weight is 621 g/mol. The van der Waals surface area contributed by atoms with Crippen LogP contribution in [0.1, 0.15) is 58.3 Å². The van der Waals surface area contributed by atoms with E-state index in [0.29, 0.717) is 30.1 Å². The van der Waals surface area contributed by atoms with Crippen molar-refractivity contribution in [2.45, 2.75) is 74.7 Å². The van der Waals surface area contributed by atoms with Gasteiger partial charge in [-0.15, -0.1) is 0 Å². The summed E-state index contributed by atoms with van der Waals surface area (Å²) in [5.41, 5.74) is -0.994. The van der Waals surface area contributed by atoms with Crippen LogP contribution in [0.15, 0.2) is 36.4 Å². The van der Waals surface area contributed by atoms with Gasteiger partial charge in [0, 0.05) is 30.2 Å². The number of anilines is 1. The van der Waals surface area contributed by atoms with Gasteiger partial charge in [0.05, 0.1) is 16.6 Å². The summed E-state index contributed by atoms with van der Waals surface area (Å²) < 4.78 is 32.6. The minimum atomic E-state index is -3.92. The SMILES string of the molecule is CN1CCCC/C=C\[C@H]2C[C@@]2(C(=O)NS(=O)(=O)C2(C)CC2)NC(=O)[C@@H]2C[C@@H](OC(=O)Nc3cccc(Cl)c3)C[C@H]2C1=O. The molecular weight excluding hydrogens is 584 g/mol. The van der Waals surface area contributed by atoms with E-state index in [0.717, 1.165) is 19.3 Å². The Kier molecular flexibility index (Phi) is 8.32. The van der Waals surface area contributed by atoms with Crippen molar-refractivity contribution in [2.24, 2.45) is 17.8 Å². The third kappa shape index (κ3) is 6.29. The number of amides is 4. The van der Waals surface area contributed by atoms with Crippen LogP contribution >= 0.6 is 11.6 Å². The summed E-state index contributed by atoms with van der Waals surface area (Å²) >= 11 is 5.99. The molecule has 13 heteroatoms. The molecule has 4 amide bonds. The molecule has 0 radical (unpaired) electrons. The maximum absolute atomic E-state index is 13.8. The van der Waals surface area contributed by atoms with Crippen LogP contribution < -0.4 is 15.4 Å². The smallest absolute Gasteiger partial charge is 0.411 e. The number of halogens is 1. The highest BCUT2D eigenvalue weighted by Gasteiger charge is 2.63. The van der Waals surface area contributed by atoms with E-state index in [-0.39, 0.29) is 31.1 Å². The molecule has 3 fully saturated rings. The summed E-state index contributed by atoms with van der Waals surface area (Å²) in [5.74, 6) is -3.57. The van der Waals surface area contributed by atoms with Crippen LogP contribution in [0.25, 0.3) is 0 Å². The third-order valence-electron chi connectivity index (χ3n) is 8.97. The number of benzene rings is 1. The molecule has 0 unspecified atom stereocenters. The normalized spacial score (nSPS) is 31.5. The van der Waals surface area contributed by atoms with E-state index in [1.807, 2.05) is 12.2 Å². The maximum atomic E-state index is 13.8. The van der Waals surface area contributed by atoms with Crippen molar-refractivity contribution in [2.75, 3.05) is 18.9 Å². The summed E-state index contributed by atoms with van der Waals surface area (Å²) in [6.07, 6.45) is 6.03. The molecule has 42 heavy (non-hydrogen) atoms. The molecule has 0 spiro atoms. The van der Waals surface area contributed by atoms with Gasteiger partial charge >= 0.3 is 6.09 Å². The topological polar surface area (TPSA) is 151 Å². The van der Waals surface area contributed by atoms with E-state index in [1.165, 1.54) is 0 Å². The zero-order valence-corrected chi connectivity index (χ0v) is 25.3. The molecule has 3 saturated carbocycles. The van der Waals surface area contributed by atoms with Crippen LogP contribution in [0.3, 0.4) is 0 Å². The summed E-state index contributed by atoms with van der Waals surface area (Å²) in [6.45, 7) is 2.11. The number of nitrogens with zero attached hydrogens (tertiary/aromatic N) is 1. The van der Waals surface area contributed by atoms with E-state index in [4.69, 9.17) is 16.3 Å². The Morgan fingerprint density at radius 1 is 1.14 bits per heavy atom. The van der Waals surface area contributed by atoms with Crippen molar-refractivity contribution < 1.29 is 32.3 Å². The lowest BCUT2D eigenvalue weighted by Crippen LogP contribution is -2.55. The first-order valence-electron chi connectivity index (χ1n) is 14.4. The van der Waals surface area contributed by atoms with Gasteiger partial charge in [-0.25, -0.2) is 13.2 Å². The summed E-state index contributed by atoms with van der Waals surface area (Å²) in [4.78, 5) is 55.0. The van der Waals surface area contributed by atoms with Crippen LogP contribution in [0.5, 0.6) is 0 Å². The Morgan fingerprint density at radius 3 is 2.60 bits per heavy atom. The lowest BCUT2D eigenvalue weighted by Gasteiger charge is -2.27. The first-order valence-corrected chi connectivity index (χ1v) is 16.2. The first kappa shape index (κ1) is 30.3. The third-order valence-corrected chi connectivity index (χ3v) is 11.4. The number of hydrogen-bond acceptors (Lipinski definition) is 7. The molecule has 1 aromatic carbocycles. The van der Waals surface area contributed by atoms with Crippen LogP contribution in [-0.2, 0) is 29.1 Å². The fourth-order valence-corrected chi connectivity index (χ4v) is 7.36. The fourth-order valence-electron chi connectivity index (χ4n) is 5.86. The second-order valence-electron chi connectivity index (χ2n) is 12.2. The number of allylic oxidation sites excluding steroid dienone is 1. The quantitative estimate of drug-likeness (QED) is 0.427. The molecule has 0 bridgehead atoms. The molecule has 3 N–H and O–H groups in total. The van der Waals surface area contributed by atoms with E-state index in [2.05, 4.69) is 15.4 Å². The molecule has 1 aromatic rings. The van der Waals surface area contributed by atoms with Gasteiger partial charge < -0.3 is 15.0 Å². The van der Waals surface area contributed by atoms with Crippen molar-refractivity contribution in [1.29, 1.82) is 0 Å². The van der Waals surface area contributed by atoms with E-state index in [1.54, 1.807) is 43.1 Å². The summed E-state index contributed by atoms with van der Waals surface area (Å²) in [6, 6.07) is 6.57. The molecule has 1 aliphatic heterocycles. The minimum absolute atomic E-state index is 0.0770. The largest absolute Gasteiger partial charge is 0.446 e. The van der Waals surface area contributed by atoms with Gasteiger partial charge in [0.2, 0.25) is 21.8 Å². The van der Waals surface area contributed by atoms with Gasteiger partial charge in [-0.1, -0.05) is 29.8 Å². The summed E-state index contributed by atoms with van der Waals surface area (Å²) in [7, 11) is -2.23. The molecule has 1 heterocycles. The van der Waals surface area contributed by atoms with Gasteiger partial charge in [-0.3, -0.25) is 24.4 Å². The molecule has 11 nitrogen and oxygen atoms in total. The highest BCUT2D eigenvalue weighted by atomic mass is 35.5. The number of nitrogens with one attached hydrogen (secondary N) is 3. The lowest BCUT2D eigenvalue weighted by atomic mass is 9.93. The van der Waals surface area contributed by atoms with Crippen LogP contribution in [0.2, 0.25) is 5.02 Å². The lowest BCUT2D eigenvalue weighted by molar-refractivity contribution is -0.140. The molecule has 0 saturated heterocycles. The molecule has 5 rings (SSSR count). The second-order valence-corrected chi connectivity index (χ2v) is 14.8.